The molecule has 94 valence electrons. The molecule has 2 unspecified atom stereocenters. The van der Waals surface area contributed by atoms with E-state index >= 15 is 0 Å². The summed E-state index contributed by atoms with van der Waals surface area (Å²) in [4.78, 5) is 2.55. The molecule has 2 N–H and O–H groups in total. The van der Waals surface area contributed by atoms with Crippen molar-refractivity contribution in [2.75, 3.05) is 13.6 Å². The van der Waals surface area contributed by atoms with Crippen LogP contribution in [0.5, 0.6) is 0 Å². The molecule has 0 aromatic rings. The fourth-order valence-electron chi connectivity index (χ4n) is 3.35. The molecule has 0 aliphatic heterocycles. The molecule has 0 aromatic carbocycles. The Balaban J connectivity index is 1.91. The summed E-state index contributed by atoms with van der Waals surface area (Å²) in [6.45, 7) is 5.94. The highest BCUT2D eigenvalue weighted by molar-refractivity contribution is 4.96. The summed E-state index contributed by atoms with van der Waals surface area (Å²) < 4.78 is 0. The summed E-state index contributed by atoms with van der Waals surface area (Å²) in [6.07, 6.45) is 8.27. The zero-order valence-electron chi connectivity index (χ0n) is 11.2. The lowest BCUT2D eigenvalue weighted by Gasteiger charge is -2.46. The van der Waals surface area contributed by atoms with Gasteiger partial charge in [-0.1, -0.05) is 26.7 Å². The van der Waals surface area contributed by atoms with Crippen molar-refractivity contribution in [3.63, 3.8) is 0 Å². The van der Waals surface area contributed by atoms with E-state index < -0.39 is 0 Å². The fourth-order valence-corrected chi connectivity index (χ4v) is 3.35. The van der Waals surface area contributed by atoms with Gasteiger partial charge in [-0.2, -0.15) is 0 Å². The predicted molar refractivity (Wildman–Crippen MR) is 69.4 cm³/mol. The van der Waals surface area contributed by atoms with E-state index in [1.54, 1.807) is 0 Å². The summed E-state index contributed by atoms with van der Waals surface area (Å²) in [6, 6.07) is 0.968. The molecule has 0 bridgehead atoms. The Bertz CT molecular complexity index is 233. The van der Waals surface area contributed by atoms with Crippen molar-refractivity contribution in [3.8, 4) is 0 Å². The lowest BCUT2D eigenvalue weighted by atomic mass is 9.70. The third kappa shape index (κ3) is 2.43. The minimum Gasteiger partial charge on any atom is -0.326 e. The van der Waals surface area contributed by atoms with Crippen LogP contribution in [0.2, 0.25) is 0 Å². The van der Waals surface area contributed by atoms with Gasteiger partial charge in [0.05, 0.1) is 0 Å². The van der Waals surface area contributed by atoms with Crippen LogP contribution in [0.25, 0.3) is 0 Å². The molecule has 2 aliphatic rings. The van der Waals surface area contributed by atoms with Crippen LogP contribution in [0.15, 0.2) is 0 Å². The molecule has 2 rings (SSSR count). The number of likely N-dealkylation sites (N-methyl/N-ethyl adjacent to an activating group) is 1. The molecule has 2 fully saturated rings. The normalized spacial score (nSPS) is 35.1. The first kappa shape index (κ1) is 12.4. The number of nitrogens with zero attached hydrogens (tertiary/aromatic N) is 1. The van der Waals surface area contributed by atoms with Gasteiger partial charge < -0.3 is 10.6 Å². The summed E-state index contributed by atoms with van der Waals surface area (Å²) in [5, 5.41) is 0. The lowest BCUT2D eigenvalue weighted by molar-refractivity contribution is 0.0645. The number of hydrogen-bond acceptors (Lipinski definition) is 2. The predicted octanol–water partition coefficient (Wildman–Crippen LogP) is 2.62. The summed E-state index contributed by atoms with van der Waals surface area (Å²) in [7, 11) is 2.28. The second kappa shape index (κ2) is 4.66. The lowest BCUT2D eigenvalue weighted by Crippen LogP contribution is -2.56. The maximum absolute atomic E-state index is 6.45. The highest BCUT2D eigenvalue weighted by atomic mass is 15.2. The van der Waals surface area contributed by atoms with Gasteiger partial charge in [0, 0.05) is 18.6 Å². The molecule has 0 aromatic heterocycles. The number of nitrogens with two attached hydrogens (primary N) is 1. The second-order valence-corrected chi connectivity index (χ2v) is 6.71. The molecular formula is C14H28N2. The number of hydrogen-bond donors (Lipinski definition) is 1. The van der Waals surface area contributed by atoms with Gasteiger partial charge in [0.2, 0.25) is 0 Å². The van der Waals surface area contributed by atoms with E-state index in [9.17, 15) is 0 Å². The van der Waals surface area contributed by atoms with Crippen LogP contribution in [-0.2, 0) is 0 Å². The summed E-state index contributed by atoms with van der Waals surface area (Å²) in [5.74, 6) is 0.960. The second-order valence-electron chi connectivity index (χ2n) is 6.71. The Labute approximate surface area is 101 Å². The van der Waals surface area contributed by atoms with Crippen LogP contribution in [0.4, 0.5) is 0 Å². The maximum Gasteiger partial charge on any atom is 0.0249 e. The van der Waals surface area contributed by atoms with E-state index in [1.165, 1.54) is 45.1 Å². The van der Waals surface area contributed by atoms with Gasteiger partial charge in [-0.15, -0.1) is 0 Å². The average molecular weight is 224 g/mol. The first-order chi connectivity index (χ1) is 7.50. The molecule has 2 nitrogen and oxygen atoms in total. The highest BCUT2D eigenvalue weighted by Crippen LogP contribution is 2.37. The van der Waals surface area contributed by atoms with Gasteiger partial charge >= 0.3 is 0 Å². The third-order valence-corrected chi connectivity index (χ3v) is 4.97. The van der Waals surface area contributed by atoms with E-state index in [0.29, 0.717) is 17.5 Å². The molecule has 2 aliphatic carbocycles. The standard InChI is InChI=1S/C14H28N2/c1-14(2)9-5-8-12(13(14)15)16(3)10-11-6-4-7-11/h11-13H,4-10,15H2,1-3H3. The van der Waals surface area contributed by atoms with Gasteiger partial charge in [-0.05, 0) is 44.1 Å². The van der Waals surface area contributed by atoms with Crippen molar-refractivity contribution in [1.82, 2.24) is 4.90 Å². The first-order valence-electron chi connectivity index (χ1n) is 6.96. The monoisotopic (exact) mass is 224 g/mol. The van der Waals surface area contributed by atoms with Gasteiger partial charge in [-0.3, -0.25) is 0 Å². The Kier molecular flexibility index (Phi) is 3.60. The van der Waals surface area contributed by atoms with Crippen LogP contribution in [0.1, 0.15) is 52.4 Å². The topological polar surface area (TPSA) is 29.3 Å². The molecule has 2 heteroatoms. The van der Waals surface area contributed by atoms with Crippen LogP contribution in [-0.4, -0.2) is 30.6 Å². The van der Waals surface area contributed by atoms with Crippen molar-refractivity contribution in [3.05, 3.63) is 0 Å². The van der Waals surface area contributed by atoms with Gasteiger partial charge in [0.15, 0.2) is 0 Å². The highest BCUT2D eigenvalue weighted by Gasteiger charge is 2.38. The maximum atomic E-state index is 6.45. The molecule has 0 spiro atoms. The number of rotatable bonds is 3. The Hall–Kier alpha value is -0.0800. The first-order valence-corrected chi connectivity index (χ1v) is 6.96. The zero-order valence-corrected chi connectivity index (χ0v) is 11.2. The molecule has 0 saturated heterocycles. The third-order valence-electron chi connectivity index (χ3n) is 4.97. The minimum absolute atomic E-state index is 0.330. The van der Waals surface area contributed by atoms with E-state index in [4.69, 9.17) is 5.73 Å². The summed E-state index contributed by atoms with van der Waals surface area (Å²) >= 11 is 0. The van der Waals surface area contributed by atoms with Crippen molar-refractivity contribution >= 4 is 0 Å². The molecule has 0 heterocycles. The minimum atomic E-state index is 0.330. The Morgan fingerprint density at radius 1 is 1.19 bits per heavy atom. The van der Waals surface area contributed by atoms with Crippen molar-refractivity contribution in [1.29, 1.82) is 0 Å². The molecule has 0 amide bonds. The van der Waals surface area contributed by atoms with Crippen LogP contribution >= 0.6 is 0 Å². The van der Waals surface area contributed by atoms with Crippen LogP contribution < -0.4 is 5.73 Å². The van der Waals surface area contributed by atoms with E-state index in [2.05, 4.69) is 25.8 Å². The van der Waals surface area contributed by atoms with Crippen molar-refractivity contribution in [2.24, 2.45) is 17.1 Å². The molecule has 2 atom stereocenters. The largest absolute Gasteiger partial charge is 0.326 e. The quantitative estimate of drug-likeness (QED) is 0.798. The van der Waals surface area contributed by atoms with E-state index in [0.717, 1.165) is 5.92 Å². The van der Waals surface area contributed by atoms with E-state index in [1.807, 2.05) is 0 Å². The molecule has 0 radical (unpaired) electrons. The van der Waals surface area contributed by atoms with Crippen molar-refractivity contribution < 1.29 is 0 Å². The zero-order chi connectivity index (χ0) is 11.8. The fraction of sp³-hybridized carbons (Fsp3) is 1.00. The van der Waals surface area contributed by atoms with Gasteiger partial charge in [0.25, 0.3) is 0 Å². The van der Waals surface area contributed by atoms with Crippen LogP contribution in [0.3, 0.4) is 0 Å². The molecule has 16 heavy (non-hydrogen) atoms. The smallest absolute Gasteiger partial charge is 0.0249 e. The SMILES string of the molecule is CN(CC1CCC1)C1CCCC(C)(C)C1N. The van der Waals surface area contributed by atoms with Gasteiger partial charge in [-0.25, -0.2) is 0 Å². The molecule has 2 saturated carbocycles. The molecular weight excluding hydrogens is 196 g/mol. The van der Waals surface area contributed by atoms with Crippen LogP contribution in [0, 0.1) is 11.3 Å². The van der Waals surface area contributed by atoms with Gasteiger partial charge in [0.1, 0.15) is 0 Å². The average Bonchev–Trinajstić information content (AvgIpc) is 2.15. The summed E-state index contributed by atoms with van der Waals surface area (Å²) in [5.41, 5.74) is 6.78. The Morgan fingerprint density at radius 3 is 2.44 bits per heavy atom. The van der Waals surface area contributed by atoms with Crippen molar-refractivity contribution in [2.45, 2.75) is 64.5 Å². The van der Waals surface area contributed by atoms with E-state index in [-0.39, 0.29) is 0 Å². The Morgan fingerprint density at radius 2 is 1.88 bits per heavy atom.